The van der Waals surface area contributed by atoms with Crippen LogP contribution in [0.3, 0.4) is 0 Å². The van der Waals surface area contributed by atoms with E-state index in [1.54, 1.807) is 38.1 Å². The molecule has 0 aliphatic carbocycles. The molecule has 1 aromatic carbocycles. The van der Waals surface area contributed by atoms with Crippen molar-refractivity contribution < 1.29 is 9.59 Å². The lowest BCUT2D eigenvalue weighted by Gasteiger charge is -2.14. The molecule has 0 atom stereocenters. The van der Waals surface area contributed by atoms with E-state index in [-0.39, 0.29) is 11.8 Å². The number of carbonyl (C=O) groups is 2. The first-order valence-electron chi connectivity index (χ1n) is 4.87. The zero-order valence-electron chi connectivity index (χ0n) is 9.02. The summed E-state index contributed by atoms with van der Waals surface area (Å²) in [5.41, 5.74) is 1.61. The number of amides is 2. The van der Waals surface area contributed by atoms with Crippen LogP contribution in [0, 0.1) is 0 Å². The van der Waals surface area contributed by atoms with E-state index in [2.05, 4.69) is 12.6 Å². The van der Waals surface area contributed by atoms with E-state index in [9.17, 15) is 9.59 Å². The molecule has 2 rings (SSSR count). The number of thiol groups is 1. The first-order chi connectivity index (χ1) is 7.52. The third-order valence-corrected chi connectivity index (χ3v) is 3.02. The molecule has 1 aliphatic heterocycles. The Morgan fingerprint density at radius 1 is 0.938 bits per heavy atom. The SMILES string of the molecule is CC1=C(C)C(=O)N(c2ccc(S)cc2)C1=O. The minimum absolute atomic E-state index is 0.241. The Hall–Kier alpha value is -1.55. The smallest absolute Gasteiger partial charge is 0.261 e. The first-order valence-corrected chi connectivity index (χ1v) is 5.32. The average molecular weight is 233 g/mol. The molecule has 2 amide bonds. The maximum absolute atomic E-state index is 11.8. The molecule has 0 saturated carbocycles. The standard InChI is InChI=1S/C12H11NO2S/c1-7-8(2)12(15)13(11(7)14)9-3-5-10(16)6-4-9/h3-6,16H,1-2H3. The molecule has 16 heavy (non-hydrogen) atoms. The summed E-state index contributed by atoms with van der Waals surface area (Å²) >= 11 is 4.16. The van der Waals surface area contributed by atoms with Gasteiger partial charge in [0.1, 0.15) is 0 Å². The van der Waals surface area contributed by atoms with Crippen LogP contribution in [0.25, 0.3) is 0 Å². The molecule has 0 fully saturated rings. The van der Waals surface area contributed by atoms with Gasteiger partial charge in [0.15, 0.2) is 0 Å². The number of imide groups is 1. The largest absolute Gasteiger partial charge is 0.269 e. The number of benzene rings is 1. The van der Waals surface area contributed by atoms with E-state index < -0.39 is 0 Å². The van der Waals surface area contributed by atoms with Crippen molar-refractivity contribution in [1.82, 2.24) is 0 Å². The van der Waals surface area contributed by atoms with Crippen LogP contribution in [0.1, 0.15) is 13.8 Å². The van der Waals surface area contributed by atoms with Crippen LogP contribution in [0.15, 0.2) is 40.3 Å². The molecule has 0 saturated heterocycles. The van der Waals surface area contributed by atoms with Gasteiger partial charge in [-0.3, -0.25) is 9.59 Å². The molecule has 4 heteroatoms. The molecule has 1 heterocycles. The van der Waals surface area contributed by atoms with E-state index in [0.717, 1.165) is 4.90 Å². The van der Waals surface area contributed by atoms with Crippen LogP contribution >= 0.6 is 12.6 Å². The minimum atomic E-state index is -0.241. The summed E-state index contributed by atoms with van der Waals surface area (Å²) in [5.74, 6) is -0.483. The van der Waals surface area contributed by atoms with E-state index in [0.29, 0.717) is 16.8 Å². The van der Waals surface area contributed by atoms with Crippen molar-refractivity contribution in [2.45, 2.75) is 18.7 Å². The van der Waals surface area contributed by atoms with E-state index >= 15 is 0 Å². The highest BCUT2D eigenvalue weighted by molar-refractivity contribution is 7.80. The van der Waals surface area contributed by atoms with Crippen molar-refractivity contribution in [3.8, 4) is 0 Å². The average Bonchev–Trinajstić information content (AvgIpc) is 2.46. The van der Waals surface area contributed by atoms with Crippen LogP contribution in [-0.2, 0) is 9.59 Å². The van der Waals surface area contributed by atoms with Crippen molar-refractivity contribution in [3.63, 3.8) is 0 Å². The molecule has 3 nitrogen and oxygen atoms in total. The number of anilines is 1. The Bertz CT molecular complexity index is 478. The molecule has 0 radical (unpaired) electrons. The summed E-state index contributed by atoms with van der Waals surface area (Å²) in [6.07, 6.45) is 0. The second-order valence-corrected chi connectivity index (χ2v) is 4.23. The Kier molecular flexibility index (Phi) is 2.59. The van der Waals surface area contributed by atoms with Crippen LogP contribution in [0.4, 0.5) is 5.69 Å². The predicted molar refractivity (Wildman–Crippen MR) is 64.6 cm³/mol. The zero-order chi connectivity index (χ0) is 11.9. The van der Waals surface area contributed by atoms with Gasteiger partial charge in [-0.15, -0.1) is 12.6 Å². The van der Waals surface area contributed by atoms with Gasteiger partial charge >= 0.3 is 0 Å². The summed E-state index contributed by atoms with van der Waals surface area (Å²) in [4.78, 5) is 25.7. The van der Waals surface area contributed by atoms with Crippen molar-refractivity contribution in [2.75, 3.05) is 4.90 Å². The highest BCUT2D eigenvalue weighted by Gasteiger charge is 2.34. The molecule has 0 bridgehead atoms. The Morgan fingerprint density at radius 3 is 1.81 bits per heavy atom. The zero-order valence-corrected chi connectivity index (χ0v) is 9.91. The van der Waals surface area contributed by atoms with Crippen molar-refractivity contribution in [2.24, 2.45) is 0 Å². The van der Waals surface area contributed by atoms with Gasteiger partial charge in [0.25, 0.3) is 11.8 Å². The lowest BCUT2D eigenvalue weighted by atomic mass is 10.2. The second-order valence-electron chi connectivity index (χ2n) is 3.71. The lowest BCUT2D eigenvalue weighted by Crippen LogP contribution is -2.31. The fourth-order valence-electron chi connectivity index (χ4n) is 1.58. The molecule has 0 spiro atoms. The second kappa shape index (κ2) is 3.79. The number of hydrogen-bond donors (Lipinski definition) is 1. The fraction of sp³-hybridized carbons (Fsp3) is 0.167. The normalized spacial score (nSPS) is 16.3. The number of carbonyl (C=O) groups excluding carboxylic acids is 2. The van der Waals surface area contributed by atoms with Crippen LogP contribution in [0.5, 0.6) is 0 Å². The highest BCUT2D eigenvalue weighted by Crippen LogP contribution is 2.27. The molecule has 0 N–H and O–H groups in total. The van der Waals surface area contributed by atoms with E-state index in [1.165, 1.54) is 4.90 Å². The van der Waals surface area contributed by atoms with Gasteiger partial charge in [0.2, 0.25) is 0 Å². The van der Waals surface area contributed by atoms with Gasteiger partial charge in [-0.1, -0.05) is 0 Å². The Morgan fingerprint density at radius 2 is 1.38 bits per heavy atom. The molecule has 1 aromatic rings. The van der Waals surface area contributed by atoms with Crippen LogP contribution in [-0.4, -0.2) is 11.8 Å². The molecular weight excluding hydrogens is 222 g/mol. The molecule has 0 unspecified atom stereocenters. The lowest BCUT2D eigenvalue weighted by molar-refractivity contribution is -0.120. The number of nitrogens with zero attached hydrogens (tertiary/aromatic N) is 1. The van der Waals surface area contributed by atoms with E-state index in [1.807, 2.05) is 0 Å². The summed E-state index contributed by atoms with van der Waals surface area (Å²) in [5, 5.41) is 0. The summed E-state index contributed by atoms with van der Waals surface area (Å²) in [7, 11) is 0. The minimum Gasteiger partial charge on any atom is -0.269 e. The molecule has 82 valence electrons. The van der Waals surface area contributed by atoms with Gasteiger partial charge in [-0.05, 0) is 38.1 Å². The maximum atomic E-state index is 11.8. The Balaban J connectivity index is 2.42. The molecule has 1 aliphatic rings. The fourth-order valence-corrected chi connectivity index (χ4v) is 1.73. The van der Waals surface area contributed by atoms with Crippen LogP contribution in [0.2, 0.25) is 0 Å². The highest BCUT2D eigenvalue weighted by atomic mass is 32.1. The third kappa shape index (κ3) is 1.55. The van der Waals surface area contributed by atoms with Gasteiger partial charge in [-0.25, -0.2) is 4.90 Å². The first kappa shape index (κ1) is 11.0. The Labute approximate surface area is 99.2 Å². The van der Waals surface area contributed by atoms with Crippen molar-refractivity contribution in [1.29, 1.82) is 0 Å². The third-order valence-electron chi connectivity index (χ3n) is 2.72. The summed E-state index contributed by atoms with van der Waals surface area (Å²) < 4.78 is 0. The maximum Gasteiger partial charge on any atom is 0.261 e. The topological polar surface area (TPSA) is 37.4 Å². The molecule has 0 aromatic heterocycles. The number of hydrogen-bond acceptors (Lipinski definition) is 3. The van der Waals surface area contributed by atoms with E-state index in [4.69, 9.17) is 0 Å². The summed E-state index contributed by atoms with van der Waals surface area (Å²) in [6.45, 7) is 3.34. The van der Waals surface area contributed by atoms with Gasteiger partial charge in [0.05, 0.1) is 5.69 Å². The van der Waals surface area contributed by atoms with Gasteiger partial charge in [0, 0.05) is 16.0 Å². The monoisotopic (exact) mass is 233 g/mol. The molecular formula is C12H11NO2S. The number of rotatable bonds is 1. The van der Waals surface area contributed by atoms with Crippen LogP contribution < -0.4 is 4.90 Å². The predicted octanol–water partition coefficient (Wildman–Crippen LogP) is 2.18. The van der Waals surface area contributed by atoms with Crippen molar-refractivity contribution >= 4 is 30.1 Å². The summed E-state index contributed by atoms with van der Waals surface area (Å²) in [6, 6.07) is 6.93. The van der Waals surface area contributed by atoms with Gasteiger partial charge in [-0.2, -0.15) is 0 Å². The van der Waals surface area contributed by atoms with Gasteiger partial charge < -0.3 is 0 Å². The van der Waals surface area contributed by atoms with Crippen molar-refractivity contribution in [3.05, 3.63) is 35.4 Å². The quantitative estimate of drug-likeness (QED) is 0.596.